The van der Waals surface area contributed by atoms with E-state index >= 15 is 0 Å². The van der Waals surface area contributed by atoms with Crippen molar-refractivity contribution >= 4 is 5.97 Å². The molecule has 0 fully saturated rings. The summed E-state index contributed by atoms with van der Waals surface area (Å²) >= 11 is 0. The average molecular weight is 239 g/mol. The summed E-state index contributed by atoms with van der Waals surface area (Å²) in [7, 11) is 0. The fourth-order valence-electron chi connectivity index (χ4n) is 1.65. The summed E-state index contributed by atoms with van der Waals surface area (Å²) in [6.07, 6.45) is 3.73. The summed E-state index contributed by atoms with van der Waals surface area (Å²) < 4.78 is 1.75. The van der Waals surface area contributed by atoms with E-state index in [1.54, 1.807) is 4.68 Å². The van der Waals surface area contributed by atoms with Crippen LogP contribution in [0.3, 0.4) is 0 Å². The van der Waals surface area contributed by atoms with E-state index < -0.39 is 5.97 Å². The Morgan fingerprint density at radius 2 is 2.18 bits per heavy atom. The van der Waals surface area contributed by atoms with Gasteiger partial charge in [-0.3, -0.25) is 0 Å². The molecule has 0 saturated heterocycles. The van der Waals surface area contributed by atoms with E-state index in [-0.39, 0.29) is 5.69 Å². The molecule has 1 aromatic heterocycles. The van der Waals surface area contributed by atoms with Gasteiger partial charge in [0.15, 0.2) is 5.69 Å². The van der Waals surface area contributed by atoms with Crippen molar-refractivity contribution in [2.75, 3.05) is 0 Å². The number of hydrogen-bond acceptors (Lipinski definition) is 3. The number of hydrogen-bond donors (Lipinski definition) is 1. The third-order valence-electron chi connectivity index (χ3n) is 2.73. The van der Waals surface area contributed by atoms with Crippen molar-refractivity contribution in [1.29, 1.82) is 0 Å². The Morgan fingerprint density at radius 3 is 2.71 bits per heavy atom. The zero-order valence-corrected chi connectivity index (χ0v) is 10.8. The van der Waals surface area contributed by atoms with Crippen molar-refractivity contribution in [3.8, 4) is 0 Å². The van der Waals surface area contributed by atoms with E-state index in [4.69, 9.17) is 5.11 Å². The van der Waals surface area contributed by atoms with E-state index in [9.17, 15) is 4.79 Å². The van der Waals surface area contributed by atoms with Gasteiger partial charge < -0.3 is 5.11 Å². The van der Waals surface area contributed by atoms with Crippen LogP contribution in [-0.2, 0) is 13.0 Å². The topological polar surface area (TPSA) is 68.0 Å². The highest BCUT2D eigenvalue weighted by molar-refractivity contribution is 5.86. The first-order chi connectivity index (χ1) is 8.06. The van der Waals surface area contributed by atoms with Crippen molar-refractivity contribution < 1.29 is 9.90 Å². The number of rotatable bonds is 7. The molecule has 5 heteroatoms. The van der Waals surface area contributed by atoms with Gasteiger partial charge in [0.25, 0.3) is 0 Å². The van der Waals surface area contributed by atoms with Crippen molar-refractivity contribution in [1.82, 2.24) is 15.0 Å². The van der Waals surface area contributed by atoms with Gasteiger partial charge >= 0.3 is 5.97 Å². The molecule has 0 saturated carbocycles. The van der Waals surface area contributed by atoms with Crippen LogP contribution in [0.4, 0.5) is 0 Å². The first kappa shape index (κ1) is 13.7. The zero-order valence-electron chi connectivity index (χ0n) is 10.8. The normalized spacial score (nSPS) is 11.1. The molecular formula is C12H21N3O2. The minimum atomic E-state index is -0.980. The summed E-state index contributed by atoms with van der Waals surface area (Å²) in [5.74, 6) is -0.404. The SMILES string of the molecule is CCCCc1c(C(=O)O)nnn1CCC(C)C. The van der Waals surface area contributed by atoms with Gasteiger partial charge in [0, 0.05) is 6.54 Å². The minimum absolute atomic E-state index is 0.113. The summed E-state index contributed by atoms with van der Waals surface area (Å²) in [4.78, 5) is 11.0. The summed E-state index contributed by atoms with van der Waals surface area (Å²) in [6.45, 7) is 7.11. The van der Waals surface area contributed by atoms with Crippen LogP contribution < -0.4 is 0 Å². The Morgan fingerprint density at radius 1 is 1.47 bits per heavy atom. The smallest absolute Gasteiger partial charge is 0.358 e. The number of carboxylic acids is 1. The molecule has 96 valence electrons. The van der Waals surface area contributed by atoms with Crippen LogP contribution in [-0.4, -0.2) is 26.1 Å². The molecule has 0 aromatic carbocycles. The minimum Gasteiger partial charge on any atom is -0.476 e. The lowest BCUT2D eigenvalue weighted by Crippen LogP contribution is -2.10. The second kappa shape index (κ2) is 6.37. The highest BCUT2D eigenvalue weighted by Crippen LogP contribution is 2.12. The molecule has 0 aliphatic carbocycles. The van der Waals surface area contributed by atoms with Crippen LogP contribution in [0.2, 0.25) is 0 Å². The molecule has 17 heavy (non-hydrogen) atoms. The van der Waals surface area contributed by atoms with Gasteiger partial charge in [0.1, 0.15) is 0 Å². The zero-order chi connectivity index (χ0) is 12.8. The van der Waals surface area contributed by atoms with Crippen molar-refractivity contribution in [2.45, 2.75) is 53.0 Å². The first-order valence-corrected chi connectivity index (χ1v) is 6.21. The standard InChI is InChI=1S/C12H21N3O2/c1-4-5-6-10-11(12(16)17)13-14-15(10)8-7-9(2)3/h9H,4-8H2,1-3H3,(H,16,17). The van der Waals surface area contributed by atoms with Gasteiger partial charge in [0.05, 0.1) is 5.69 Å². The maximum absolute atomic E-state index is 11.0. The second-order valence-electron chi connectivity index (χ2n) is 4.70. The lowest BCUT2D eigenvalue weighted by atomic mass is 10.1. The summed E-state index contributed by atoms with van der Waals surface area (Å²) in [5, 5.41) is 16.7. The van der Waals surface area contributed by atoms with Crippen LogP contribution in [0.5, 0.6) is 0 Å². The molecule has 1 N–H and O–H groups in total. The van der Waals surface area contributed by atoms with Crippen molar-refractivity contribution in [2.24, 2.45) is 5.92 Å². The maximum atomic E-state index is 11.0. The lowest BCUT2D eigenvalue weighted by molar-refractivity contribution is 0.0689. The first-order valence-electron chi connectivity index (χ1n) is 6.21. The predicted molar refractivity (Wildman–Crippen MR) is 65.0 cm³/mol. The van der Waals surface area contributed by atoms with Gasteiger partial charge in [-0.15, -0.1) is 5.10 Å². The van der Waals surface area contributed by atoms with E-state index in [1.165, 1.54) is 0 Å². The highest BCUT2D eigenvalue weighted by atomic mass is 16.4. The number of nitrogens with zero attached hydrogens (tertiary/aromatic N) is 3. The molecule has 0 radical (unpaired) electrons. The molecule has 0 bridgehead atoms. The Labute approximate surface area is 102 Å². The third-order valence-corrected chi connectivity index (χ3v) is 2.73. The van der Waals surface area contributed by atoms with Crippen LogP contribution in [0.1, 0.15) is 56.2 Å². The fourth-order valence-corrected chi connectivity index (χ4v) is 1.65. The van der Waals surface area contributed by atoms with Gasteiger partial charge in [-0.1, -0.05) is 32.4 Å². The molecule has 0 unspecified atom stereocenters. The molecule has 0 atom stereocenters. The van der Waals surface area contributed by atoms with Crippen LogP contribution in [0.15, 0.2) is 0 Å². The Balaban J connectivity index is 2.84. The van der Waals surface area contributed by atoms with Crippen molar-refractivity contribution in [3.05, 3.63) is 11.4 Å². The Hall–Kier alpha value is -1.39. The maximum Gasteiger partial charge on any atom is 0.358 e. The summed E-state index contributed by atoms with van der Waals surface area (Å²) in [6, 6.07) is 0. The van der Waals surface area contributed by atoms with Crippen LogP contribution >= 0.6 is 0 Å². The Kier molecular flexibility index (Phi) is 5.12. The van der Waals surface area contributed by atoms with E-state index in [0.29, 0.717) is 5.92 Å². The van der Waals surface area contributed by atoms with Gasteiger partial charge in [-0.25, -0.2) is 9.48 Å². The summed E-state index contributed by atoms with van der Waals surface area (Å²) in [5.41, 5.74) is 0.877. The molecular weight excluding hydrogens is 218 g/mol. The average Bonchev–Trinajstić information content (AvgIpc) is 2.66. The van der Waals surface area contributed by atoms with Crippen LogP contribution in [0.25, 0.3) is 0 Å². The molecule has 1 rings (SSSR count). The molecule has 0 amide bonds. The highest BCUT2D eigenvalue weighted by Gasteiger charge is 2.18. The third kappa shape index (κ3) is 3.84. The Bertz CT molecular complexity index is 372. The lowest BCUT2D eigenvalue weighted by Gasteiger charge is -2.08. The molecule has 5 nitrogen and oxygen atoms in total. The largest absolute Gasteiger partial charge is 0.476 e. The van der Waals surface area contributed by atoms with E-state index in [2.05, 4.69) is 31.1 Å². The monoisotopic (exact) mass is 239 g/mol. The second-order valence-corrected chi connectivity index (χ2v) is 4.70. The predicted octanol–water partition coefficient (Wildman–Crippen LogP) is 2.37. The molecule has 0 aliphatic rings. The van der Waals surface area contributed by atoms with Gasteiger partial charge in [0.2, 0.25) is 0 Å². The quantitative estimate of drug-likeness (QED) is 0.793. The number of aromatic carboxylic acids is 1. The fraction of sp³-hybridized carbons (Fsp3) is 0.750. The van der Waals surface area contributed by atoms with E-state index in [1.807, 2.05) is 0 Å². The molecule has 0 spiro atoms. The van der Waals surface area contributed by atoms with Crippen LogP contribution in [0, 0.1) is 5.92 Å². The van der Waals surface area contributed by atoms with Crippen molar-refractivity contribution in [3.63, 3.8) is 0 Å². The van der Waals surface area contributed by atoms with E-state index in [0.717, 1.165) is 37.9 Å². The number of unbranched alkanes of at least 4 members (excludes halogenated alkanes) is 1. The number of carbonyl (C=O) groups is 1. The molecule has 0 aliphatic heterocycles. The van der Waals surface area contributed by atoms with Gasteiger partial charge in [-0.05, 0) is 25.2 Å². The number of carboxylic acid groups (broad SMARTS) is 1. The number of aryl methyl sites for hydroxylation is 1. The molecule has 1 aromatic rings. The number of aromatic nitrogens is 3. The van der Waals surface area contributed by atoms with Gasteiger partial charge in [-0.2, -0.15) is 0 Å². The molecule has 1 heterocycles.